The van der Waals surface area contributed by atoms with Gasteiger partial charge in [-0.1, -0.05) is 30.3 Å². The van der Waals surface area contributed by atoms with Crippen LogP contribution >= 0.6 is 0 Å². The first-order valence-corrected chi connectivity index (χ1v) is 8.34. The Morgan fingerprint density at radius 2 is 1.70 bits per heavy atom. The number of carbonyl (C=O) groups excluding carboxylic acids is 4. The van der Waals surface area contributed by atoms with Gasteiger partial charge in [-0.3, -0.25) is 14.4 Å². The average molecular weight is 379 g/mol. The summed E-state index contributed by atoms with van der Waals surface area (Å²) in [5.74, 6) is -1.99. The molecule has 0 saturated heterocycles. The summed E-state index contributed by atoms with van der Waals surface area (Å²) in [6.45, 7) is 5.85. The summed E-state index contributed by atoms with van der Waals surface area (Å²) in [5, 5.41) is 4.80. The third-order valence-corrected chi connectivity index (χ3v) is 3.02. The van der Waals surface area contributed by atoms with Crippen LogP contribution in [0.4, 0.5) is 4.79 Å². The molecular weight excluding hydrogens is 354 g/mol. The fraction of sp³-hybridized carbons (Fsp3) is 0.444. The summed E-state index contributed by atoms with van der Waals surface area (Å²) in [7, 11) is 0. The summed E-state index contributed by atoms with van der Waals surface area (Å²) < 4.78 is 5.03. The minimum atomic E-state index is -1.00. The Kier molecular flexibility index (Phi) is 8.25. The van der Waals surface area contributed by atoms with E-state index in [1.165, 1.54) is 0 Å². The molecule has 1 aromatic rings. The summed E-state index contributed by atoms with van der Waals surface area (Å²) in [6.07, 6.45) is -0.576. The largest absolute Gasteiger partial charge is 0.444 e. The number of nitrogens with one attached hydrogen (secondary N) is 3. The van der Waals surface area contributed by atoms with Crippen LogP contribution in [0, 0.1) is 0 Å². The van der Waals surface area contributed by atoms with Crippen molar-refractivity contribution in [2.24, 2.45) is 0 Å². The topological polar surface area (TPSA) is 123 Å². The Morgan fingerprint density at radius 3 is 2.26 bits per heavy atom. The maximum Gasteiger partial charge on any atom is 0.408 e. The first kappa shape index (κ1) is 21.9. The second kappa shape index (κ2) is 10.1. The average Bonchev–Trinajstić information content (AvgIpc) is 2.56. The molecule has 1 rings (SSSR count). The van der Waals surface area contributed by atoms with Crippen LogP contribution in [0.3, 0.4) is 0 Å². The van der Waals surface area contributed by atoms with E-state index in [9.17, 15) is 19.2 Å². The summed E-state index contributed by atoms with van der Waals surface area (Å²) in [6, 6.07) is 7.99. The van der Waals surface area contributed by atoms with Gasteiger partial charge in [0.2, 0.25) is 5.91 Å². The second-order valence-corrected chi connectivity index (χ2v) is 6.73. The molecule has 3 N–H and O–H groups in total. The van der Waals surface area contributed by atoms with Gasteiger partial charge in [0.1, 0.15) is 18.2 Å². The van der Waals surface area contributed by atoms with Crippen molar-refractivity contribution < 1.29 is 28.8 Å². The molecule has 0 bridgehead atoms. The smallest absolute Gasteiger partial charge is 0.408 e. The fourth-order valence-corrected chi connectivity index (χ4v) is 1.96. The summed E-state index contributed by atoms with van der Waals surface area (Å²) >= 11 is 0. The van der Waals surface area contributed by atoms with Gasteiger partial charge >= 0.3 is 12.1 Å². The summed E-state index contributed by atoms with van der Waals surface area (Å²) in [4.78, 5) is 51.2. The van der Waals surface area contributed by atoms with E-state index in [-0.39, 0.29) is 13.0 Å². The van der Waals surface area contributed by atoms with E-state index >= 15 is 0 Å². The Labute approximate surface area is 157 Å². The lowest BCUT2D eigenvalue weighted by Gasteiger charge is -2.20. The van der Waals surface area contributed by atoms with Gasteiger partial charge in [0.15, 0.2) is 0 Å². The standard InChI is InChI=1S/C18H25N3O6/c1-12(22)27-21-16(24)14(10-13-8-6-5-7-9-13)20-15(23)11-19-17(25)26-18(2,3)4/h5-9,14H,10-11H2,1-4H3,(H,19,25)(H,20,23)(H,21,24)/t14-/m0/s1. The van der Waals surface area contributed by atoms with Crippen molar-refractivity contribution in [2.75, 3.05) is 6.54 Å². The van der Waals surface area contributed by atoms with Gasteiger partial charge in [-0.25, -0.2) is 4.79 Å². The van der Waals surface area contributed by atoms with Crippen molar-refractivity contribution in [2.45, 2.75) is 45.8 Å². The highest BCUT2D eigenvalue weighted by molar-refractivity contribution is 5.89. The zero-order chi connectivity index (χ0) is 20.4. The molecule has 1 atom stereocenters. The molecule has 0 aliphatic rings. The first-order chi connectivity index (χ1) is 12.6. The minimum Gasteiger partial charge on any atom is -0.444 e. The lowest BCUT2D eigenvalue weighted by atomic mass is 10.1. The van der Waals surface area contributed by atoms with Crippen molar-refractivity contribution in [1.29, 1.82) is 0 Å². The number of hydroxylamine groups is 1. The molecule has 0 aliphatic carbocycles. The number of amides is 3. The van der Waals surface area contributed by atoms with Gasteiger partial charge in [0.05, 0.1) is 0 Å². The van der Waals surface area contributed by atoms with Crippen molar-refractivity contribution in [1.82, 2.24) is 16.1 Å². The first-order valence-electron chi connectivity index (χ1n) is 8.34. The fourth-order valence-electron chi connectivity index (χ4n) is 1.96. The van der Waals surface area contributed by atoms with Gasteiger partial charge in [-0.15, -0.1) is 0 Å². The highest BCUT2D eigenvalue weighted by Crippen LogP contribution is 2.06. The zero-order valence-electron chi connectivity index (χ0n) is 15.8. The van der Waals surface area contributed by atoms with E-state index in [2.05, 4.69) is 15.5 Å². The number of carbonyl (C=O) groups is 4. The van der Waals surface area contributed by atoms with E-state index < -0.39 is 35.5 Å². The van der Waals surface area contributed by atoms with Crippen LogP contribution in [-0.4, -0.2) is 42.1 Å². The number of benzene rings is 1. The van der Waals surface area contributed by atoms with Gasteiger partial charge in [-0.2, -0.15) is 5.48 Å². The highest BCUT2D eigenvalue weighted by atomic mass is 16.7. The van der Waals surface area contributed by atoms with Crippen molar-refractivity contribution >= 4 is 23.9 Å². The molecule has 9 heteroatoms. The van der Waals surface area contributed by atoms with Crippen LogP contribution in [0.25, 0.3) is 0 Å². The molecule has 9 nitrogen and oxygen atoms in total. The Bertz CT molecular complexity index is 669. The maximum absolute atomic E-state index is 12.2. The van der Waals surface area contributed by atoms with Crippen LogP contribution in [0.1, 0.15) is 33.3 Å². The molecule has 0 aromatic heterocycles. The molecule has 0 heterocycles. The third kappa shape index (κ3) is 9.83. The van der Waals surface area contributed by atoms with Crippen molar-refractivity contribution in [3.63, 3.8) is 0 Å². The predicted octanol–water partition coefficient (Wildman–Crippen LogP) is 0.833. The molecule has 0 saturated carbocycles. The molecular formula is C18H25N3O6. The minimum absolute atomic E-state index is 0.173. The second-order valence-electron chi connectivity index (χ2n) is 6.73. The van der Waals surface area contributed by atoms with Gasteiger partial charge in [0.25, 0.3) is 5.91 Å². The number of hydrogen-bond donors (Lipinski definition) is 3. The number of ether oxygens (including phenoxy) is 1. The zero-order valence-corrected chi connectivity index (χ0v) is 15.8. The molecule has 0 radical (unpaired) electrons. The normalized spacial score (nSPS) is 11.7. The van der Waals surface area contributed by atoms with Crippen molar-refractivity contribution in [3.05, 3.63) is 35.9 Å². The van der Waals surface area contributed by atoms with Crippen molar-refractivity contribution in [3.8, 4) is 0 Å². The lowest BCUT2D eigenvalue weighted by Crippen LogP contribution is -2.51. The molecule has 148 valence electrons. The number of alkyl carbamates (subject to hydrolysis) is 1. The number of rotatable bonds is 6. The van der Waals surface area contributed by atoms with Gasteiger partial charge < -0.3 is 20.2 Å². The Morgan fingerprint density at radius 1 is 1.07 bits per heavy atom. The maximum atomic E-state index is 12.2. The van der Waals surface area contributed by atoms with E-state index in [0.717, 1.165) is 12.5 Å². The van der Waals surface area contributed by atoms with Crippen LogP contribution in [0.15, 0.2) is 30.3 Å². The predicted molar refractivity (Wildman–Crippen MR) is 96.2 cm³/mol. The quantitative estimate of drug-likeness (QED) is 0.629. The van der Waals surface area contributed by atoms with Gasteiger partial charge in [-0.05, 0) is 26.3 Å². The SMILES string of the molecule is CC(=O)ONC(=O)[C@H](Cc1ccccc1)NC(=O)CNC(=O)OC(C)(C)C. The third-order valence-electron chi connectivity index (χ3n) is 3.02. The lowest BCUT2D eigenvalue weighted by molar-refractivity contribution is -0.157. The highest BCUT2D eigenvalue weighted by Gasteiger charge is 2.23. The summed E-state index contributed by atoms with van der Waals surface area (Å²) in [5.41, 5.74) is 2.09. The van der Waals surface area contributed by atoms with Crippen LogP contribution in [0.2, 0.25) is 0 Å². The molecule has 3 amide bonds. The van der Waals surface area contributed by atoms with E-state index in [0.29, 0.717) is 0 Å². The van der Waals surface area contributed by atoms with E-state index in [4.69, 9.17) is 4.74 Å². The van der Waals surface area contributed by atoms with Gasteiger partial charge in [0, 0.05) is 13.3 Å². The molecule has 0 unspecified atom stereocenters. The van der Waals surface area contributed by atoms with E-state index in [1.54, 1.807) is 45.0 Å². The molecule has 0 fully saturated rings. The van der Waals surface area contributed by atoms with Crippen LogP contribution in [-0.2, 0) is 30.4 Å². The van der Waals surface area contributed by atoms with E-state index in [1.807, 2.05) is 11.5 Å². The Hall–Kier alpha value is -3.10. The molecule has 0 spiro atoms. The monoisotopic (exact) mass is 379 g/mol. The van der Waals surface area contributed by atoms with Crippen LogP contribution in [0.5, 0.6) is 0 Å². The molecule has 1 aromatic carbocycles. The molecule has 0 aliphatic heterocycles. The molecule has 27 heavy (non-hydrogen) atoms. The Balaban J connectivity index is 2.66. The van der Waals surface area contributed by atoms with Crippen LogP contribution < -0.4 is 16.1 Å². The number of hydrogen-bond acceptors (Lipinski definition) is 6.